The Balaban J connectivity index is 2.13. The number of esters is 1. The normalized spacial score (nSPS) is 11.3. The molecule has 0 fully saturated rings. The van der Waals surface area contributed by atoms with Crippen molar-refractivity contribution in [2.45, 2.75) is 33.0 Å². The van der Waals surface area contributed by atoms with E-state index in [-0.39, 0.29) is 19.2 Å². The van der Waals surface area contributed by atoms with E-state index in [0.717, 1.165) is 11.1 Å². The Hall–Kier alpha value is -3.22. The van der Waals surface area contributed by atoms with Gasteiger partial charge in [-0.25, -0.2) is 9.59 Å². The van der Waals surface area contributed by atoms with E-state index in [4.69, 9.17) is 14.2 Å². The number of nitrogens with one attached hydrogen (secondary N) is 1. The number of amides is 2. The average molecular weight is 400 g/mol. The molecule has 0 bridgehead atoms. The molecule has 156 valence electrons. The summed E-state index contributed by atoms with van der Waals surface area (Å²) in [6.45, 7) is 4.23. The van der Waals surface area contributed by atoms with Crippen molar-refractivity contribution in [3.05, 3.63) is 59.7 Å². The molecule has 2 amide bonds. The van der Waals surface area contributed by atoms with Crippen LogP contribution in [-0.2, 0) is 22.6 Å². The van der Waals surface area contributed by atoms with E-state index in [1.54, 1.807) is 40.2 Å². The molecular formula is C22H28N2O5. The zero-order valence-corrected chi connectivity index (χ0v) is 17.3. The van der Waals surface area contributed by atoms with Gasteiger partial charge in [-0.15, -0.1) is 0 Å². The van der Waals surface area contributed by atoms with Gasteiger partial charge in [-0.3, -0.25) is 0 Å². The minimum atomic E-state index is -0.722. The first-order valence-electron chi connectivity index (χ1n) is 9.46. The summed E-state index contributed by atoms with van der Waals surface area (Å²) in [6.07, 6.45) is 0. The van der Waals surface area contributed by atoms with Gasteiger partial charge in [-0.1, -0.05) is 36.4 Å². The topological polar surface area (TPSA) is 77.1 Å². The van der Waals surface area contributed by atoms with Crippen molar-refractivity contribution in [2.75, 3.05) is 20.8 Å². The summed E-state index contributed by atoms with van der Waals surface area (Å²) in [5.74, 6) is 0.759. The van der Waals surface area contributed by atoms with Crippen molar-refractivity contribution >= 4 is 12.0 Å². The number of benzene rings is 2. The molecule has 0 aliphatic carbocycles. The summed E-state index contributed by atoms with van der Waals surface area (Å²) in [4.78, 5) is 26.6. The Morgan fingerprint density at radius 1 is 1.00 bits per heavy atom. The van der Waals surface area contributed by atoms with Crippen LogP contribution in [0.25, 0.3) is 0 Å². The predicted molar refractivity (Wildman–Crippen MR) is 110 cm³/mol. The van der Waals surface area contributed by atoms with Crippen molar-refractivity contribution < 1.29 is 23.8 Å². The van der Waals surface area contributed by atoms with Crippen LogP contribution in [0.3, 0.4) is 0 Å². The van der Waals surface area contributed by atoms with Crippen LogP contribution in [0, 0.1) is 0 Å². The van der Waals surface area contributed by atoms with Gasteiger partial charge >= 0.3 is 12.0 Å². The number of hydrogen-bond donors (Lipinski definition) is 1. The third-order valence-corrected chi connectivity index (χ3v) is 4.44. The molecule has 0 radical (unpaired) electrons. The van der Waals surface area contributed by atoms with Gasteiger partial charge in [-0.2, -0.15) is 0 Å². The second-order valence-electron chi connectivity index (χ2n) is 6.39. The summed E-state index contributed by atoms with van der Waals surface area (Å²) in [5, 5.41) is 2.87. The van der Waals surface area contributed by atoms with Crippen LogP contribution in [-0.4, -0.2) is 43.8 Å². The Labute approximate surface area is 171 Å². The highest BCUT2D eigenvalue weighted by molar-refractivity contribution is 5.83. The highest BCUT2D eigenvalue weighted by Gasteiger charge is 2.27. The molecule has 1 N–H and O–H groups in total. The quantitative estimate of drug-likeness (QED) is 0.653. The monoisotopic (exact) mass is 400 g/mol. The first kappa shape index (κ1) is 22.1. The molecule has 2 aromatic carbocycles. The summed E-state index contributed by atoms with van der Waals surface area (Å²) in [5.41, 5.74) is 1.77. The number of carbonyl (C=O) groups excluding carboxylic acids is 2. The molecule has 29 heavy (non-hydrogen) atoms. The summed E-state index contributed by atoms with van der Waals surface area (Å²) < 4.78 is 15.6. The van der Waals surface area contributed by atoms with Gasteiger partial charge in [0, 0.05) is 13.1 Å². The molecule has 0 saturated carbocycles. The molecular weight excluding hydrogens is 372 g/mol. The minimum Gasteiger partial charge on any atom is -0.493 e. The third-order valence-electron chi connectivity index (χ3n) is 4.44. The molecule has 0 aliphatic heterocycles. The zero-order valence-electron chi connectivity index (χ0n) is 17.3. The maximum absolute atomic E-state index is 12.9. The predicted octanol–water partition coefficient (Wildman–Crippen LogP) is 3.37. The molecule has 0 saturated heterocycles. The first-order valence-corrected chi connectivity index (χ1v) is 9.46. The molecule has 1 unspecified atom stereocenters. The maximum atomic E-state index is 12.9. The van der Waals surface area contributed by atoms with Crippen molar-refractivity contribution in [1.82, 2.24) is 10.2 Å². The van der Waals surface area contributed by atoms with E-state index in [1.807, 2.05) is 36.4 Å². The smallest absolute Gasteiger partial charge is 0.328 e. The molecule has 0 aromatic heterocycles. The second kappa shape index (κ2) is 10.9. The fraction of sp³-hybridized carbons (Fsp3) is 0.364. The van der Waals surface area contributed by atoms with Gasteiger partial charge in [0.2, 0.25) is 0 Å². The Morgan fingerprint density at radius 2 is 1.69 bits per heavy atom. The first-order chi connectivity index (χ1) is 14.0. The molecule has 0 spiro atoms. The van der Waals surface area contributed by atoms with Gasteiger partial charge in [-0.05, 0) is 37.1 Å². The van der Waals surface area contributed by atoms with Crippen molar-refractivity contribution in [1.29, 1.82) is 0 Å². The molecule has 0 heterocycles. The van der Waals surface area contributed by atoms with Crippen LogP contribution >= 0.6 is 0 Å². The number of rotatable bonds is 9. The highest BCUT2D eigenvalue weighted by atomic mass is 16.5. The Morgan fingerprint density at radius 3 is 2.31 bits per heavy atom. The van der Waals surface area contributed by atoms with Crippen molar-refractivity contribution in [2.24, 2.45) is 0 Å². The number of urea groups is 1. The van der Waals surface area contributed by atoms with Gasteiger partial charge in [0.1, 0.15) is 6.04 Å². The number of hydrogen-bond acceptors (Lipinski definition) is 5. The van der Waals surface area contributed by atoms with Crippen LogP contribution in [0.1, 0.15) is 25.0 Å². The Bertz CT molecular complexity index is 810. The molecule has 7 heteroatoms. The SMILES string of the molecule is CCOC(=O)C(C)N(Cc1ccccc1)C(=O)NCc1ccc(OC)c(OC)c1. The fourth-order valence-electron chi connectivity index (χ4n) is 2.82. The van der Waals surface area contributed by atoms with Gasteiger partial charge in [0.15, 0.2) is 11.5 Å². The number of nitrogens with zero attached hydrogens (tertiary/aromatic N) is 1. The van der Waals surface area contributed by atoms with E-state index >= 15 is 0 Å². The standard InChI is InChI=1S/C22H28N2O5/c1-5-29-21(25)16(2)24(15-17-9-7-6-8-10-17)22(26)23-14-18-11-12-19(27-3)20(13-18)28-4/h6-13,16H,5,14-15H2,1-4H3,(H,23,26). The van der Waals surface area contributed by atoms with E-state index in [0.29, 0.717) is 18.0 Å². The minimum absolute atomic E-state index is 0.260. The third kappa shape index (κ3) is 6.14. The lowest BCUT2D eigenvalue weighted by molar-refractivity contribution is -0.148. The summed E-state index contributed by atoms with van der Waals surface area (Å²) >= 11 is 0. The molecule has 7 nitrogen and oxygen atoms in total. The van der Waals surface area contributed by atoms with Crippen LogP contribution in [0.4, 0.5) is 4.79 Å². The van der Waals surface area contributed by atoms with Crippen molar-refractivity contribution in [3.8, 4) is 11.5 Å². The van der Waals surface area contributed by atoms with Crippen molar-refractivity contribution in [3.63, 3.8) is 0 Å². The van der Waals surface area contributed by atoms with Crippen LogP contribution < -0.4 is 14.8 Å². The average Bonchev–Trinajstić information content (AvgIpc) is 2.75. The lowest BCUT2D eigenvalue weighted by atomic mass is 10.2. The maximum Gasteiger partial charge on any atom is 0.328 e. The van der Waals surface area contributed by atoms with E-state index in [1.165, 1.54) is 4.90 Å². The van der Waals surface area contributed by atoms with Crippen LogP contribution in [0.15, 0.2) is 48.5 Å². The van der Waals surface area contributed by atoms with Gasteiger partial charge < -0.3 is 24.4 Å². The summed E-state index contributed by atoms with van der Waals surface area (Å²) in [6, 6.07) is 13.9. The van der Waals surface area contributed by atoms with Gasteiger partial charge in [0.25, 0.3) is 0 Å². The second-order valence-corrected chi connectivity index (χ2v) is 6.39. The number of carbonyl (C=O) groups is 2. The van der Waals surface area contributed by atoms with Crippen LogP contribution in [0.2, 0.25) is 0 Å². The van der Waals surface area contributed by atoms with E-state index in [9.17, 15) is 9.59 Å². The highest BCUT2D eigenvalue weighted by Crippen LogP contribution is 2.27. The Kier molecular flexibility index (Phi) is 8.33. The zero-order chi connectivity index (χ0) is 21.2. The summed E-state index contributed by atoms with van der Waals surface area (Å²) in [7, 11) is 3.13. The number of ether oxygens (including phenoxy) is 3. The molecule has 1 atom stereocenters. The lowest BCUT2D eigenvalue weighted by Gasteiger charge is -2.28. The number of methoxy groups -OCH3 is 2. The largest absolute Gasteiger partial charge is 0.493 e. The molecule has 2 aromatic rings. The van der Waals surface area contributed by atoms with Gasteiger partial charge in [0.05, 0.1) is 20.8 Å². The van der Waals surface area contributed by atoms with Crippen LogP contribution in [0.5, 0.6) is 11.5 Å². The van der Waals surface area contributed by atoms with E-state index in [2.05, 4.69) is 5.32 Å². The lowest BCUT2D eigenvalue weighted by Crippen LogP contribution is -2.48. The van der Waals surface area contributed by atoms with E-state index < -0.39 is 12.0 Å². The molecule has 0 aliphatic rings. The fourth-order valence-corrected chi connectivity index (χ4v) is 2.82. The molecule has 2 rings (SSSR count).